The molecule has 2 aromatic rings. The van der Waals surface area contributed by atoms with Crippen LogP contribution in [-0.4, -0.2) is 26.7 Å². The highest BCUT2D eigenvalue weighted by Crippen LogP contribution is 2.11. The van der Waals surface area contributed by atoms with Gasteiger partial charge in [-0.25, -0.2) is 0 Å². The highest BCUT2D eigenvalue weighted by Gasteiger charge is 2.01. The van der Waals surface area contributed by atoms with Crippen molar-refractivity contribution in [1.29, 1.82) is 0 Å². The molecular weight excluding hydrogens is 412 g/mol. The van der Waals surface area contributed by atoms with Gasteiger partial charge in [0.05, 0.1) is 5.33 Å². The van der Waals surface area contributed by atoms with Crippen molar-refractivity contribution >= 4 is 37.6 Å². The van der Waals surface area contributed by atoms with Crippen molar-refractivity contribution in [3.05, 3.63) is 59.7 Å². The molecule has 2 rings (SSSR count). The SMILES string of the molecule is C.O=C(CBr)c1ccc(O)cc1.Oc1ccc(CCBr)cc1. The fourth-order valence-electron chi connectivity index (χ4n) is 1.50. The normalized spacial score (nSPS) is 9.18. The summed E-state index contributed by atoms with van der Waals surface area (Å²) in [5, 5.41) is 19.1. The smallest absolute Gasteiger partial charge is 0.173 e. The van der Waals surface area contributed by atoms with Gasteiger partial charge in [-0.05, 0) is 48.4 Å². The second kappa shape index (κ2) is 11.3. The summed E-state index contributed by atoms with van der Waals surface area (Å²) < 4.78 is 0. The fourth-order valence-corrected chi connectivity index (χ4v) is 2.28. The Balaban J connectivity index is 0.000000385. The quantitative estimate of drug-likeness (QED) is 0.532. The number of ketones is 1. The van der Waals surface area contributed by atoms with Crippen LogP contribution in [-0.2, 0) is 6.42 Å². The Kier molecular flexibility index (Phi) is 10.6. The number of phenols is 2. The number of hydrogen-bond acceptors (Lipinski definition) is 3. The molecule has 0 aliphatic heterocycles. The Morgan fingerprint density at radius 1 is 0.864 bits per heavy atom. The van der Waals surface area contributed by atoms with Crippen LogP contribution < -0.4 is 0 Å². The zero-order valence-electron chi connectivity index (χ0n) is 11.3. The topological polar surface area (TPSA) is 57.5 Å². The van der Waals surface area contributed by atoms with Gasteiger partial charge in [0.2, 0.25) is 0 Å². The van der Waals surface area contributed by atoms with Crippen molar-refractivity contribution in [2.45, 2.75) is 13.8 Å². The highest BCUT2D eigenvalue weighted by atomic mass is 79.9. The van der Waals surface area contributed by atoms with E-state index in [9.17, 15) is 4.79 Å². The molecule has 0 saturated heterocycles. The van der Waals surface area contributed by atoms with E-state index in [0.29, 0.717) is 16.6 Å². The first kappa shape index (κ1) is 20.7. The predicted octanol–water partition coefficient (Wildman–Crippen LogP) is 4.94. The van der Waals surface area contributed by atoms with Gasteiger partial charge in [0.15, 0.2) is 5.78 Å². The molecule has 0 fully saturated rings. The molecule has 0 spiro atoms. The molecule has 0 amide bonds. The highest BCUT2D eigenvalue weighted by molar-refractivity contribution is 9.09. The van der Waals surface area contributed by atoms with Gasteiger partial charge in [-0.1, -0.05) is 51.4 Å². The molecule has 0 saturated carbocycles. The van der Waals surface area contributed by atoms with Gasteiger partial charge in [-0.3, -0.25) is 4.79 Å². The summed E-state index contributed by atoms with van der Waals surface area (Å²) in [6.07, 6.45) is 1.01. The second-order valence-corrected chi connectivity index (χ2v) is 5.56. The lowest BCUT2D eigenvalue weighted by molar-refractivity contribution is 0.102. The fraction of sp³-hybridized carbons (Fsp3) is 0.235. The van der Waals surface area contributed by atoms with E-state index in [1.807, 2.05) is 12.1 Å². The van der Waals surface area contributed by atoms with E-state index < -0.39 is 0 Å². The van der Waals surface area contributed by atoms with Crippen molar-refractivity contribution in [3.63, 3.8) is 0 Å². The van der Waals surface area contributed by atoms with Crippen LogP contribution in [0.15, 0.2) is 48.5 Å². The molecule has 0 bridgehead atoms. The third-order valence-corrected chi connectivity index (χ3v) is 3.54. The van der Waals surface area contributed by atoms with E-state index in [1.54, 1.807) is 24.3 Å². The first-order valence-corrected chi connectivity index (χ1v) is 8.53. The van der Waals surface area contributed by atoms with Crippen LogP contribution >= 0.6 is 31.9 Å². The average molecular weight is 432 g/mol. The Morgan fingerprint density at radius 3 is 1.73 bits per heavy atom. The number of phenolic OH excluding ortho intramolecular Hbond substituents is 2. The second-order valence-electron chi connectivity index (χ2n) is 4.21. The Hall–Kier alpha value is -1.33. The first-order chi connectivity index (χ1) is 10.1. The van der Waals surface area contributed by atoms with E-state index in [4.69, 9.17) is 10.2 Å². The minimum absolute atomic E-state index is 0. The summed E-state index contributed by atoms with van der Waals surface area (Å²) in [4.78, 5) is 11.0. The summed E-state index contributed by atoms with van der Waals surface area (Å²) in [6, 6.07) is 13.5. The first-order valence-electron chi connectivity index (χ1n) is 6.29. The standard InChI is InChI=1S/C8H7BrO2.C8H9BrO.CH4/c9-5-8(11)6-1-3-7(10)4-2-6;9-6-5-7-1-3-8(10)4-2-7;/h1-4,10H,5H2;1-4,10H,5-6H2;1H4. The zero-order valence-corrected chi connectivity index (χ0v) is 14.5. The van der Waals surface area contributed by atoms with Crippen molar-refractivity contribution in [2.24, 2.45) is 0 Å². The maximum absolute atomic E-state index is 11.0. The molecule has 0 radical (unpaired) electrons. The minimum atomic E-state index is 0. The lowest BCUT2D eigenvalue weighted by Crippen LogP contribution is -1.98. The van der Waals surface area contributed by atoms with Gasteiger partial charge in [0.1, 0.15) is 11.5 Å². The average Bonchev–Trinajstić information content (AvgIpc) is 2.50. The number of aromatic hydroxyl groups is 2. The van der Waals surface area contributed by atoms with Crippen LogP contribution in [0.2, 0.25) is 0 Å². The van der Waals surface area contributed by atoms with Crippen LogP contribution in [0.3, 0.4) is 0 Å². The van der Waals surface area contributed by atoms with Crippen LogP contribution in [0.25, 0.3) is 0 Å². The Bertz CT molecular complexity index is 551. The van der Waals surface area contributed by atoms with Gasteiger partial charge < -0.3 is 10.2 Å². The van der Waals surface area contributed by atoms with E-state index in [-0.39, 0.29) is 19.0 Å². The third-order valence-electron chi connectivity index (χ3n) is 2.63. The van der Waals surface area contributed by atoms with Crippen LogP contribution in [0.1, 0.15) is 23.3 Å². The number of carbonyl (C=O) groups excluding carboxylic acids is 1. The lowest BCUT2D eigenvalue weighted by Gasteiger charge is -1.95. The van der Waals surface area contributed by atoms with E-state index >= 15 is 0 Å². The van der Waals surface area contributed by atoms with Crippen LogP contribution in [0.4, 0.5) is 0 Å². The van der Waals surface area contributed by atoms with Crippen LogP contribution in [0.5, 0.6) is 11.5 Å². The van der Waals surface area contributed by atoms with Crippen molar-refractivity contribution in [2.75, 3.05) is 10.7 Å². The summed E-state index contributed by atoms with van der Waals surface area (Å²) in [5.74, 6) is 0.527. The number of aryl methyl sites for hydroxylation is 1. The summed E-state index contributed by atoms with van der Waals surface area (Å²) >= 11 is 6.40. The van der Waals surface area contributed by atoms with Gasteiger partial charge in [-0.2, -0.15) is 0 Å². The molecule has 2 N–H and O–H groups in total. The number of carbonyl (C=O) groups is 1. The Morgan fingerprint density at radius 2 is 1.32 bits per heavy atom. The predicted molar refractivity (Wildman–Crippen MR) is 98.6 cm³/mol. The number of halogens is 2. The Labute approximate surface area is 148 Å². The molecule has 120 valence electrons. The molecule has 22 heavy (non-hydrogen) atoms. The van der Waals surface area contributed by atoms with E-state index in [1.165, 1.54) is 17.7 Å². The largest absolute Gasteiger partial charge is 0.508 e. The van der Waals surface area contributed by atoms with Crippen LogP contribution in [0, 0.1) is 0 Å². The lowest BCUT2D eigenvalue weighted by atomic mass is 10.1. The van der Waals surface area contributed by atoms with Gasteiger partial charge in [-0.15, -0.1) is 0 Å². The molecular formula is C17H20Br2O3. The zero-order chi connectivity index (χ0) is 15.7. The minimum Gasteiger partial charge on any atom is -0.508 e. The molecule has 3 nitrogen and oxygen atoms in total. The molecule has 2 aromatic carbocycles. The van der Waals surface area contributed by atoms with Crippen molar-refractivity contribution < 1.29 is 15.0 Å². The monoisotopic (exact) mass is 430 g/mol. The summed E-state index contributed by atoms with van der Waals surface area (Å²) in [6.45, 7) is 0. The third kappa shape index (κ3) is 7.61. The number of rotatable bonds is 4. The van der Waals surface area contributed by atoms with Crippen molar-refractivity contribution in [3.8, 4) is 11.5 Å². The molecule has 0 aliphatic carbocycles. The number of Topliss-reactive ketones (excluding diaryl/α,β-unsaturated/α-hetero) is 1. The van der Waals surface area contributed by atoms with Crippen molar-refractivity contribution in [1.82, 2.24) is 0 Å². The molecule has 0 aromatic heterocycles. The maximum atomic E-state index is 11.0. The van der Waals surface area contributed by atoms with E-state index in [2.05, 4.69) is 31.9 Å². The van der Waals surface area contributed by atoms with Gasteiger partial charge >= 0.3 is 0 Å². The van der Waals surface area contributed by atoms with E-state index in [0.717, 1.165) is 11.8 Å². The summed E-state index contributed by atoms with van der Waals surface area (Å²) in [5.41, 5.74) is 1.86. The number of benzene rings is 2. The summed E-state index contributed by atoms with van der Waals surface area (Å²) in [7, 11) is 0. The number of hydrogen-bond donors (Lipinski definition) is 2. The number of alkyl halides is 2. The molecule has 0 unspecified atom stereocenters. The van der Waals surface area contributed by atoms with Gasteiger partial charge in [0.25, 0.3) is 0 Å². The molecule has 0 atom stereocenters. The molecule has 5 heteroatoms. The van der Waals surface area contributed by atoms with Gasteiger partial charge in [0, 0.05) is 10.9 Å². The maximum Gasteiger partial charge on any atom is 0.173 e. The molecule has 0 heterocycles. The molecule has 0 aliphatic rings.